The first-order chi connectivity index (χ1) is 16.2. The average Bonchev–Trinajstić information content (AvgIpc) is 2.98. The number of methoxy groups -OCH3 is 1. The maximum atomic E-state index is 12.6. The van der Waals surface area contributed by atoms with Crippen LogP contribution in [0.1, 0.15) is 27.7 Å². The van der Waals surface area contributed by atoms with E-state index in [1.807, 2.05) is 6.92 Å². The summed E-state index contributed by atoms with van der Waals surface area (Å²) in [5.74, 6) is -0.215. The molecule has 0 N–H and O–H groups in total. The van der Waals surface area contributed by atoms with Crippen LogP contribution in [0, 0.1) is 5.92 Å². The Labute approximate surface area is 211 Å². The molecule has 0 amide bonds. The van der Waals surface area contributed by atoms with Crippen LogP contribution in [-0.2, 0) is 9.53 Å². The van der Waals surface area contributed by atoms with E-state index >= 15 is 0 Å². The van der Waals surface area contributed by atoms with Crippen molar-refractivity contribution < 1.29 is 9.53 Å². The van der Waals surface area contributed by atoms with E-state index in [9.17, 15) is 4.79 Å². The third-order valence-electron chi connectivity index (χ3n) is 6.90. The number of benzene rings is 4. The fraction of sp³-hybridized carbons (Fsp3) is 0.276. The van der Waals surface area contributed by atoms with Crippen LogP contribution < -0.4 is 0 Å². The number of carbonyl (C=O) groups excluding carboxylic acids is 1. The summed E-state index contributed by atoms with van der Waals surface area (Å²) in [5.41, 5.74) is 2.70. The molecule has 4 aromatic rings. The Morgan fingerprint density at radius 3 is 1.74 bits per heavy atom. The normalized spacial score (nSPS) is 15.9. The second-order valence-electron chi connectivity index (χ2n) is 10.2. The molecule has 0 spiro atoms. The molecule has 34 heavy (non-hydrogen) atoms. The van der Waals surface area contributed by atoms with Crippen molar-refractivity contribution in [2.75, 3.05) is 7.11 Å². The van der Waals surface area contributed by atoms with Crippen LogP contribution in [0.3, 0.4) is 0 Å². The summed E-state index contributed by atoms with van der Waals surface area (Å²) < 4.78 is 5.27. The molecule has 0 aromatic heterocycles. The first-order valence-corrected chi connectivity index (χ1v) is 21.0. The topological polar surface area (TPSA) is 26.3 Å². The fourth-order valence-corrected chi connectivity index (χ4v) is 28.5. The van der Waals surface area contributed by atoms with Gasteiger partial charge in [-0.15, -0.1) is 0 Å². The van der Waals surface area contributed by atoms with Gasteiger partial charge in [-0.3, -0.25) is 0 Å². The summed E-state index contributed by atoms with van der Waals surface area (Å²) in [6.07, 6.45) is 0. The number of hydrogen-bond donors (Lipinski definition) is 0. The predicted octanol–water partition coefficient (Wildman–Crippen LogP) is 8.91. The van der Waals surface area contributed by atoms with Gasteiger partial charge in [-0.25, -0.2) is 0 Å². The van der Waals surface area contributed by atoms with Crippen LogP contribution in [0.2, 0.25) is 9.50 Å². The van der Waals surface area contributed by atoms with Gasteiger partial charge in [-0.05, 0) is 0 Å². The van der Waals surface area contributed by atoms with Gasteiger partial charge in [0.05, 0.1) is 0 Å². The Hall–Kier alpha value is -1.89. The molecule has 5 rings (SSSR count). The molecule has 2 nitrogen and oxygen atoms in total. The number of esters is 1. The zero-order valence-electron chi connectivity index (χ0n) is 20.3. The second kappa shape index (κ2) is 8.96. The standard InChI is InChI=1S/C29H30GeO2S2/c1-19(28(31)32-5)18-30(29(2,3)4)33-24-16-14-20-10-6-8-12-22(20)26(24)27-23-13-9-7-11-21(23)15-17-25(27)34-30/h6-17,19H,18H2,1-5H3/t19-/m1/s1. The minimum atomic E-state index is -2.91. The Morgan fingerprint density at radius 2 is 1.29 bits per heavy atom. The summed E-state index contributed by atoms with van der Waals surface area (Å²) in [5, 5.41) is 6.05. The second-order valence-corrected chi connectivity index (χ2v) is 29.8. The summed E-state index contributed by atoms with van der Waals surface area (Å²) in [7, 11) is 2.82. The van der Waals surface area contributed by atoms with E-state index in [4.69, 9.17) is 4.74 Å². The molecule has 0 saturated carbocycles. The molecule has 1 atom stereocenters. The summed E-state index contributed by atoms with van der Waals surface area (Å²) in [6, 6.07) is 26.7. The van der Waals surface area contributed by atoms with Crippen molar-refractivity contribution in [3.05, 3.63) is 72.8 Å². The molecule has 174 valence electrons. The molecular weight excluding hydrogens is 517 g/mol. The fourth-order valence-electron chi connectivity index (χ4n) is 4.95. The molecule has 5 heteroatoms. The van der Waals surface area contributed by atoms with Crippen LogP contribution in [0.25, 0.3) is 32.7 Å². The minimum absolute atomic E-state index is 0.0998. The van der Waals surface area contributed by atoms with Crippen molar-refractivity contribution in [3.63, 3.8) is 0 Å². The summed E-state index contributed by atoms with van der Waals surface area (Å²) in [4.78, 5) is 15.3. The van der Waals surface area contributed by atoms with Crippen molar-refractivity contribution >= 4 is 58.7 Å². The molecule has 0 fully saturated rings. The Kier molecular flexibility index (Phi) is 6.28. The Bertz CT molecular complexity index is 1320. The average molecular weight is 547 g/mol. The maximum absolute atomic E-state index is 12.6. The molecule has 4 aromatic carbocycles. The number of fused-ring (bicyclic) bond motifs is 7. The monoisotopic (exact) mass is 548 g/mol. The first kappa shape index (κ1) is 23.8. The van der Waals surface area contributed by atoms with Crippen molar-refractivity contribution in [3.8, 4) is 11.1 Å². The van der Waals surface area contributed by atoms with Gasteiger partial charge in [0, 0.05) is 0 Å². The zero-order chi connectivity index (χ0) is 24.1. The van der Waals surface area contributed by atoms with E-state index in [1.165, 1.54) is 49.6 Å². The SMILES string of the molecule is COC(=O)[C@H](C)[CH2][Ge]1([C](C)(C)C)[S]c2ccc3ccccc3c2-c2c(ccc3ccccc23)[S]1. The third-order valence-corrected chi connectivity index (χ3v) is 33.5. The van der Waals surface area contributed by atoms with E-state index in [2.05, 4.69) is 114 Å². The molecule has 0 unspecified atom stereocenters. The summed E-state index contributed by atoms with van der Waals surface area (Å²) in [6.45, 7) is 9.18. The van der Waals surface area contributed by atoms with Crippen LogP contribution in [-0.4, -0.2) is 24.1 Å². The molecule has 0 bridgehead atoms. The first-order valence-electron chi connectivity index (χ1n) is 11.7. The van der Waals surface area contributed by atoms with Crippen molar-refractivity contribution in [2.24, 2.45) is 5.92 Å². The van der Waals surface area contributed by atoms with Gasteiger partial charge in [0.15, 0.2) is 0 Å². The summed E-state index contributed by atoms with van der Waals surface area (Å²) >= 11 is 0. The van der Waals surface area contributed by atoms with E-state index in [-0.39, 0.29) is 16.1 Å². The molecule has 0 aliphatic carbocycles. The van der Waals surface area contributed by atoms with Gasteiger partial charge in [0.2, 0.25) is 0 Å². The van der Waals surface area contributed by atoms with Crippen molar-refractivity contribution in [1.82, 2.24) is 0 Å². The Balaban J connectivity index is 1.85. The number of carbonyl (C=O) groups is 1. The van der Waals surface area contributed by atoms with E-state index in [0.717, 1.165) is 5.25 Å². The van der Waals surface area contributed by atoms with Gasteiger partial charge in [0.1, 0.15) is 0 Å². The number of ether oxygens (including phenoxy) is 1. The van der Waals surface area contributed by atoms with Crippen LogP contribution in [0.4, 0.5) is 0 Å². The van der Waals surface area contributed by atoms with Gasteiger partial charge >= 0.3 is 212 Å². The van der Waals surface area contributed by atoms with Crippen molar-refractivity contribution in [1.29, 1.82) is 0 Å². The van der Waals surface area contributed by atoms with E-state index < -0.39 is 11.0 Å². The van der Waals surface area contributed by atoms with Gasteiger partial charge in [-0.2, -0.15) is 0 Å². The van der Waals surface area contributed by atoms with E-state index in [1.54, 1.807) is 0 Å². The number of hydrogen-bond acceptors (Lipinski definition) is 4. The molecule has 1 heterocycles. The molecule has 0 saturated heterocycles. The number of rotatable bonds is 3. The van der Waals surface area contributed by atoms with Crippen LogP contribution in [0.15, 0.2) is 82.6 Å². The van der Waals surface area contributed by atoms with Gasteiger partial charge in [-0.1, -0.05) is 0 Å². The van der Waals surface area contributed by atoms with E-state index in [0.29, 0.717) is 0 Å². The molecule has 0 radical (unpaired) electrons. The zero-order valence-corrected chi connectivity index (χ0v) is 24.1. The van der Waals surface area contributed by atoms with Gasteiger partial charge in [0.25, 0.3) is 0 Å². The third kappa shape index (κ3) is 3.98. The van der Waals surface area contributed by atoms with Crippen molar-refractivity contribution in [2.45, 2.75) is 47.0 Å². The molecular formula is C29H30GeO2S2. The molecule has 1 aliphatic rings. The van der Waals surface area contributed by atoms with Crippen LogP contribution in [0.5, 0.6) is 0 Å². The van der Waals surface area contributed by atoms with Crippen LogP contribution >= 0.6 is 20.2 Å². The molecule has 1 aliphatic heterocycles. The Morgan fingerprint density at radius 1 is 0.824 bits per heavy atom. The predicted molar refractivity (Wildman–Crippen MR) is 150 cm³/mol. The quantitative estimate of drug-likeness (QED) is 0.189. The van der Waals surface area contributed by atoms with Gasteiger partial charge < -0.3 is 0 Å².